The largest absolute Gasteiger partial charge is 0.0622 e. The van der Waals surface area contributed by atoms with E-state index in [1.807, 2.05) is 0 Å². The Balaban J connectivity index is 2.16. The first-order valence-corrected chi connectivity index (χ1v) is 10.1. The van der Waals surface area contributed by atoms with E-state index < -0.39 is 0 Å². The van der Waals surface area contributed by atoms with Gasteiger partial charge in [0.2, 0.25) is 0 Å². The summed E-state index contributed by atoms with van der Waals surface area (Å²) in [5.41, 5.74) is 11.0. The Hall–Kier alpha value is -1.87. The van der Waals surface area contributed by atoms with Crippen LogP contribution in [0.5, 0.6) is 0 Å². The lowest BCUT2D eigenvalue weighted by molar-refractivity contribution is 1.11. The van der Waals surface area contributed by atoms with Crippen molar-refractivity contribution < 1.29 is 0 Å². The smallest absolute Gasteiger partial charge is 0.00444 e. The molecule has 3 aromatic carbocycles. The number of hydrogen-bond donors (Lipinski definition) is 0. The molecule has 3 aromatic rings. The zero-order valence-electron chi connectivity index (χ0n) is 15.9. The molecule has 0 fully saturated rings. The van der Waals surface area contributed by atoms with Gasteiger partial charge in [-0.2, -0.15) is 0 Å². The van der Waals surface area contributed by atoms with Gasteiger partial charge in [0.15, 0.2) is 0 Å². The number of aryl methyl sites for hydroxylation is 2. The number of rotatable bonds is 4. The zero-order chi connectivity index (χ0) is 18.7. The number of hydrogen-bond acceptors (Lipinski definition) is 0. The van der Waals surface area contributed by atoms with Crippen molar-refractivity contribution in [1.82, 2.24) is 0 Å². The highest BCUT2D eigenvalue weighted by Gasteiger charge is 2.14. The van der Waals surface area contributed by atoms with Gasteiger partial charge in [0.1, 0.15) is 0 Å². The highest BCUT2D eigenvalue weighted by atomic mass is 127. The minimum absolute atomic E-state index is 0.972. The molecule has 0 aliphatic heterocycles. The highest BCUT2D eigenvalue weighted by Crippen LogP contribution is 2.34. The van der Waals surface area contributed by atoms with E-state index in [2.05, 4.69) is 117 Å². The van der Waals surface area contributed by atoms with Crippen molar-refractivity contribution in [2.75, 3.05) is 0 Å². The van der Waals surface area contributed by atoms with Crippen molar-refractivity contribution in [2.24, 2.45) is 0 Å². The Bertz CT molecular complexity index is 867. The van der Waals surface area contributed by atoms with Gasteiger partial charge in [-0.15, -0.1) is 0 Å². The van der Waals surface area contributed by atoms with Crippen LogP contribution in [0.2, 0.25) is 0 Å². The van der Waals surface area contributed by atoms with Crippen molar-refractivity contribution in [3.8, 4) is 0 Å². The van der Waals surface area contributed by atoms with Gasteiger partial charge in [0.25, 0.3) is 0 Å². The highest BCUT2D eigenvalue weighted by molar-refractivity contribution is 14.1. The number of allylic oxidation sites excluding steroid dienone is 1. The molecule has 0 aliphatic rings. The summed E-state index contributed by atoms with van der Waals surface area (Å²) in [6, 6.07) is 23.8. The normalized spacial score (nSPS) is 10.7. The second kappa shape index (κ2) is 8.22. The fraction of sp³-hybridized carbons (Fsp3) is 0.200. The van der Waals surface area contributed by atoms with Crippen LogP contribution in [-0.4, -0.2) is 0 Å². The predicted molar refractivity (Wildman–Crippen MR) is 122 cm³/mol. The molecule has 0 saturated heterocycles. The standard InChI is InChI=1S/C25H25I/c1-17-15-18(2)20(4)23(19(17)3)16-24(26)25(21-11-7-5-8-12-21)22-13-9-6-10-14-22/h5-15H,16H2,1-4H3. The topological polar surface area (TPSA) is 0 Å². The predicted octanol–water partition coefficient (Wildman–Crippen LogP) is 7.36. The Kier molecular flexibility index (Phi) is 5.98. The zero-order valence-corrected chi connectivity index (χ0v) is 18.1. The molecule has 0 unspecified atom stereocenters. The average molecular weight is 452 g/mol. The number of benzene rings is 3. The summed E-state index contributed by atoms with van der Waals surface area (Å²) in [6.07, 6.45) is 0.972. The van der Waals surface area contributed by atoms with Crippen molar-refractivity contribution in [3.63, 3.8) is 0 Å². The van der Waals surface area contributed by atoms with Gasteiger partial charge in [0, 0.05) is 10.0 Å². The molecule has 0 spiro atoms. The van der Waals surface area contributed by atoms with Gasteiger partial charge in [-0.1, -0.05) is 66.7 Å². The maximum atomic E-state index is 2.55. The fourth-order valence-corrected chi connectivity index (χ4v) is 4.50. The lowest BCUT2D eigenvalue weighted by Crippen LogP contribution is -2.01. The Morgan fingerprint density at radius 3 is 1.54 bits per heavy atom. The molecule has 0 N–H and O–H groups in total. The SMILES string of the molecule is Cc1cc(C)c(C)c(CC(I)=C(c2ccccc2)c2ccccc2)c1C. The summed E-state index contributed by atoms with van der Waals surface area (Å²) in [5.74, 6) is 0. The molecule has 132 valence electrons. The van der Waals surface area contributed by atoms with Gasteiger partial charge < -0.3 is 0 Å². The maximum Gasteiger partial charge on any atom is 0.00444 e. The van der Waals surface area contributed by atoms with Crippen LogP contribution >= 0.6 is 22.6 Å². The second-order valence-electron chi connectivity index (χ2n) is 6.93. The van der Waals surface area contributed by atoms with Crippen LogP contribution in [0.25, 0.3) is 5.57 Å². The van der Waals surface area contributed by atoms with E-state index in [9.17, 15) is 0 Å². The summed E-state index contributed by atoms with van der Waals surface area (Å²) in [4.78, 5) is 0. The van der Waals surface area contributed by atoms with Crippen molar-refractivity contribution >= 4 is 28.2 Å². The molecular weight excluding hydrogens is 427 g/mol. The molecule has 0 nitrogen and oxygen atoms in total. The molecule has 0 bridgehead atoms. The monoisotopic (exact) mass is 452 g/mol. The molecule has 0 saturated carbocycles. The van der Waals surface area contributed by atoms with E-state index in [1.165, 1.54) is 48.1 Å². The van der Waals surface area contributed by atoms with Crippen molar-refractivity contribution in [3.05, 3.63) is 109 Å². The average Bonchev–Trinajstić information content (AvgIpc) is 2.65. The fourth-order valence-electron chi connectivity index (χ4n) is 3.50. The van der Waals surface area contributed by atoms with Crippen LogP contribution in [0.15, 0.2) is 70.3 Å². The Morgan fingerprint density at radius 1 is 0.692 bits per heavy atom. The lowest BCUT2D eigenvalue weighted by Gasteiger charge is -2.18. The van der Waals surface area contributed by atoms with Gasteiger partial charge >= 0.3 is 0 Å². The van der Waals surface area contributed by atoms with Gasteiger partial charge in [-0.3, -0.25) is 0 Å². The molecule has 0 radical (unpaired) electrons. The van der Waals surface area contributed by atoms with Crippen molar-refractivity contribution in [2.45, 2.75) is 34.1 Å². The summed E-state index contributed by atoms with van der Waals surface area (Å²) in [5, 5.41) is 0. The third kappa shape index (κ3) is 3.93. The van der Waals surface area contributed by atoms with Gasteiger partial charge in [0.05, 0.1) is 0 Å². The third-order valence-electron chi connectivity index (χ3n) is 5.25. The van der Waals surface area contributed by atoms with E-state index in [4.69, 9.17) is 0 Å². The first kappa shape index (κ1) is 18.9. The second-order valence-corrected chi connectivity index (χ2v) is 8.23. The molecule has 0 heterocycles. The maximum absolute atomic E-state index is 2.55. The van der Waals surface area contributed by atoms with E-state index in [1.54, 1.807) is 0 Å². The molecule has 0 aromatic heterocycles. The Morgan fingerprint density at radius 2 is 1.12 bits per heavy atom. The van der Waals surface area contributed by atoms with Crippen LogP contribution in [-0.2, 0) is 6.42 Å². The summed E-state index contributed by atoms with van der Waals surface area (Å²) >= 11 is 2.55. The van der Waals surface area contributed by atoms with E-state index in [0.29, 0.717) is 0 Å². The molecule has 26 heavy (non-hydrogen) atoms. The van der Waals surface area contributed by atoms with Crippen molar-refractivity contribution in [1.29, 1.82) is 0 Å². The molecular formula is C25H25I. The minimum atomic E-state index is 0.972. The number of halogens is 1. The van der Waals surface area contributed by atoms with Gasteiger partial charge in [-0.25, -0.2) is 0 Å². The van der Waals surface area contributed by atoms with Crippen LogP contribution < -0.4 is 0 Å². The van der Waals surface area contributed by atoms with Crippen LogP contribution in [0.1, 0.15) is 38.9 Å². The lowest BCUT2D eigenvalue weighted by atomic mass is 9.90. The van der Waals surface area contributed by atoms with E-state index in [0.717, 1.165) is 6.42 Å². The summed E-state index contributed by atoms with van der Waals surface area (Å²) in [6.45, 7) is 8.95. The molecule has 0 atom stereocenters. The molecule has 1 heteroatoms. The first-order chi connectivity index (χ1) is 12.5. The summed E-state index contributed by atoms with van der Waals surface area (Å²) in [7, 11) is 0. The molecule has 0 amide bonds. The van der Waals surface area contributed by atoms with Gasteiger partial charge in [-0.05, 0) is 94.8 Å². The van der Waals surface area contributed by atoms with Crippen LogP contribution in [0, 0.1) is 27.7 Å². The van der Waals surface area contributed by atoms with E-state index >= 15 is 0 Å². The quantitative estimate of drug-likeness (QED) is 0.363. The molecule has 3 rings (SSSR count). The van der Waals surface area contributed by atoms with Crippen LogP contribution in [0.4, 0.5) is 0 Å². The Labute approximate surface area is 171 Å². The van der Waals surface area contributed by atoms with E-state index in [-0.39, 0.29) is 0 Å². The van der Waals surface area contributed by atoms with Crippen LogP contribution in [0.3, 0.4) is 0 Å². The minimum Gasteiger partial charge on any atom is -0.0622 e. The first-order valence-electron chi connectivity index (χ1n) is 9.04. The third-order valence-corrected chi connectivity index (χ3v) is 6.17. The summed E-state index contributed by atoms with van der Waals surface area (Å²) < 4.78 is 1.39. The molecule has 0 aliphatic carbocycles.